The van der Waals surface area contributed by atoms with E-state index in [4.69, 9.17) is 26.8 Å². The van der Waals surface area contributed by atoms with Gasteiger partial charge in [0.15, 0.2) is 11.5 Å². The number of hydrogen-bond donors (Lipinski definition) is 1. The highest BCUT2D eigenvalue weighted by Gasteiger charge is 2.13. The molecule has 2 N–H and O–H groups in total. The Morgan fingerprint density at radius 2 is 2.16 bits per heavy atom. The third-order valence-electron chi connectivity index (χ3n) is 2.30. The van der Waals surface area contributed by atoms with Crippen LogP contribution in [0.4, 0.5) is 0 Å². The largest absolute Gasteiger partial charge is 0.490 e. The Labute approximate surface area is 127 Å². The van der Waals surface area contributed by atoms with Gasteiger partial charge >= 0.3 is 0 Å². The van der Waals surface area contributed by atoms with Crippen LogP contribution >= 0.6 is 27.5 Å². The molecule has 0 amide bonds. The Kier molecular flexibility index (Phi) is 6.69. The standard InChI is InChI=1S/C14H19BrClNO2/c1-4-18-13-7-11(5-10(3)17)6-12(15)14(13)19-8-9(2)16/h6-7,10H,2,4-5,8,17H2,1,3H3. The van der Waals surface area contributed by atoms with Crippen LogP contribution in [0, 0.1) is 0 Å². The van der Waals surface area contributed by atoms with Crippen LogP contribution < -0.4 is 15.2 Å². The van der Waals surface area contributed by atoms with Crippen molar-refractivity contribution in [2.75, 3.05) is 13.2 Å². The van der Waals surface area contributed by atoms with Crippen LogP contribution in [0.15, 0.2) is 28.2 Å². The zero-order valence-electron chi connectivity index (χ0n) is 11.2. The summed E-state index contributed by atoms with van der Waals surface area (Å²) in [6.45, 7) is 8.30. The van der Waals surface area contributed by atoms with Crippen molar-refractivity contribution in [1.82, 2.24) is 0 Å². The summed E-state index contributed by atoms with van der Waals surface area (Å²) in [7, 11) is 0. The molecule has 1 unspecified atom stereocenters. The summed E-state index contributed by atoms with van der Waals surface area (Å²) in [5.41, 5.74) is 6.92. The average molecular weight is 349 g/mol. The van der Waals surface area contributed by atoms with Gasteiger partial charge in [-0.3, -0.25) is 0 Å². The van der Waals surface area contributed by atoms with E-state index < -0.39 is 0 Å². The maximum atomic E-state index is 5.82. The molecule has 0 aliphatic heterocycles. The molecule has 5 heteroatoms. The minimum absolute atomic E-state index is 0.0933. The second-order valence-electron chi connectivity index (χ2n) is 4.33. The third kappa shape index (κ3) is 5.43. The molecule has 0 aromatic heterocycles. The van der Waals surface area contributed by atoms with Gasteiger partial charge in [0.25, 0.3) is 0 Å². The van der Waals surface area contributed by atoms with Crippen LogP contribution in [-0.4, -0.2) is 19.3 Å². The fourth-order valence-electron chi connectivity index (χ4n) is 1.66. The van der Waals surface area contributed by atoms with E-state index in [2.05, 4.69) is 22.5 Å². The number of rotatable bonds is 7. The maximum Gasteiger partial charge on any atom is 0.175 e. The zero-order valence-corrected chi connectivity index (χ0v) is 13.6. The highest BCUT2D eigenvalue weighted by atomic mass is 79.9. The lowest BCUT2D eigenvalue weighted by Crippen LogP contribution is -2.17. The molecule has 0 saturated heterocycles. The van der Waals surface area contributed by atoms with E-state index in [0.717, 1.165) is 16.5 Å². The summed E-state index contributed by atoms with van der Waals surface area (Å²) in [6.07, 6.45) is 0.779. The fourth-order valence-corrected chi connectivity index (χ4v) is 2.32. The molecule has 0 bridgehead atoms. The van der Waals surface area contributed by atoms with E-state index >= 15 is 0 Å². The number of nitrogens with two attached hydrogens (primary N) is 1. The zero-order chi connectivity index (χ0) is 14.4. The lowest BCUT2D eigenvalue weighted by molar-refractivity contribution is 0.294. The van der Waals surface area contributed by atoms with Crippen molar-refractivity contribution < 1.29 is 9.47 Å². The Bertz CT molecular complexity index is 449. The van der Waals surface area contributed by atoms with Gasteiger partial charge in [0.05, 0.1) is 11.1 Å². The van der Waals surface area contributed by atoms with Crippen molar-refractivity contribution in [2.24, 2.45) is 5.73 Å². The third-order valence-corrected chi connectivity index (χ3v) is 3.00. The first-order valence-corrected chi connectivity index (χ1v) is 7.28. The highest BCUT2D eigenvalue weighted by Crippen LogP contribution is 2.37. The van der Waals surface area contributed by atoms with Crippen LogP contribution in [0.5, 0.6) is 11.5 Å². The van der Waals surface area contributed by atoms with Gasteiger partial charge < -0.3 is 15.2 Å². The minimum atomic E-state index is 0.0933. The molecule has 106 valence electrons. The Balaban J connectivity index is 3.03. The van der Waals surface area contributed by atoms with Crippen molar-refractivity contribution in [1.29, 1.82) is 0 Å². The lowest BCUT2D eigenvalue weighted by Gasteiger charge is -2.16. The first kappa shape index (κ1) is 16.3. The minimum Gasteiger partial charge on any atom is -0.490 e. The topological polar surface area (TPSA) is 44.5 Å². The fraction of sp³-hybridized carbons (Fsp3) is 0.429. The molecule has 0 aliphatic rings. The quantitative estimate of drug-likeness (QED) is 0.813. The van der Waals surface area contributed by atoms with Gasteiger partial charge in [-0.05, 0) is 53.9 Å². The highest BCUT2D eigenvalue weighted by molar-refractivity contribution is 9.10. The van der Waals surface area contributed by atoms with E-state index in [0.29, 0.717) is 23.1 Å². The SMILES string of the molecule is C=C(Cl)COc1c(Br)cc(CC(C)N)cc1OCC. The van der Waals surface area contributed by atoms with Gasteiger partial charge in [0.1, 0.15) is 6.61 Å². The number of hydrogen-bond acceptors (Lipinski definition) is 3. The summed E-state index contributed by atoms with van der Waals surface area (Å²) in [5, 5.41) is 0.439. The van der Waals surface area contributed by atoms with Crippen molar-refractivity contribution in [3.8, 4) is 11.5 Å². The van der Waals surface area contributed by atoms with Crippen molar-refractivity contribution >= 4 is 27.5 Å². The van der Waals surface area contributed by atoms with E-state index in [1.54, 1.807) is 0 Å². The van der Waals surface area contributed by atoms with Crippen LogP contribution in [0.1, 0.15) is 19.4 Å². The molecule has 1 aromatic rings. The van der Waals surface area contributed by atoms with Crippen LogP contribution in [-0.2, 0) is 6.42 Å². The first-order valence-electron chi connectivity index (χ1n) is 6.10. The average Bonchev–Trinajstić information content (AvgIpc) is 2.26. The monoisotopic (exact) mass is 347 g/mol. The van der Waals surface area contributed by atoms with Crippen molar-refractivity contribution in [3.05, 3.63) is 33.8 Å². The van der Waals surface area contributed by atoms with E-state index in [9.17, 15) is 0 Å². The summed E-state index contributed by atoms with van der Waals surface area (Å²) in [6, 6.07) is 4.03. The molecule has 19 heavy (non-hydrogen) atoms. The van der Waals surface area contributed by atoms with E-state index in [1.165, 1.54) is 0 Å². The summed E-state index contributed by atoms with van der Waals surface area (Å²) < 4.78 is 12.0. The molecule has 0 fully saturated rings. The first-order chi connectivity index (χ1) is 8.93. The molecular weight excluding hydrogens is 330 g/mol. The van der Waals surface area contributed by atoms with Gasteiger partial charge in [-0.25, -0.2) is 0 Å². The summed E-state index contributed by atoms with van der Waals surface area (Å²) >= 11 is 9.21. The molecule has 0 saturated carbocycles. The predicted octanol–water partition coefficient (Wildman–Crippen LogP) is 3.87. The van der Waals surface area contributed by atoms with Crippen LogP contribution in [0.25, 0.3) is 0 Å². The van der Waals surface area contributed by atoms with Crippen molar-refractivity contribution in [2.45, 2.75) is 26.3 Å². The van der Waals surface area contributed by atoms with Gasteiger partial charge in [-0.15, -0.1) is 0 Å². The van der Waals surface area contributed by atoms with Gasteiger partial charge in [0.2, 0.25) is 0 Å². The number of halogens is 2. The van der Waals surface area contributed by atoms with Gasteiger partial charge in [-0.1, -0.05) is 18.2 Å². The second kappa shape index (κ2) is 7.78. The molecule has 3 nitrogen and oxygen atoms in total. The molecular formula is C14H19BrClNO2. The van der Waals surface area contributed by atoms with Crippen LogP contribution in [0.3, 0.4) is 0 Å². The van der Waals surface area contributed by atoms with Crippen LogP contribution in [0.2, 0.25) is 0 Å². The normalized spacial score (nSPS) is 12.1. The maximum absolute atomic E-state index is 5.82. The molecule has 0 spiro atoms. The Hall–Kier alpha value is -0.710. The Morgan fingerprint density at radius 1 is 1.47 bits per heavy atom. The summed E-state index contributed by atoms with van der Waals surface area (Å²) in [5.74, 6) is 1.32. The second-order valence-corrected chi connectivity index (χ2v) is 5.71. The smallest absolute Gasteiger partial charge is 0.175 e. The summed E-state index contributed by atoms with van der Waals surface area (Å²) in [4.78, 5) is 0. The molecule has 0 radical (unpaired) electrons. The van der Waals surface area contributed by atoms with E-state index in [1.807, 2.05) is 26.0 Å². The number of ether oxygens (including phenoxy) is 2. The predicted molar refractivity (Wildman–Crippen MR) is 83.2 cm³/mol. The number of benzene rings is 1. The molecule has 1 atom stereocenters. The van der Waals surface area contributed by atoms with Gasteiger partial charge in [-0.2, -0.15) is 0 Å². The van der Waals surface area contributed by atoms with E-state index in [-0.39, 0.29) is 12.6 Å². The van der Waals surface area contributed by atoms with Gasteiger partial charge in [0, 0.05) is 11.1 Å². The lowest BCUT2D eigenvalue weighted by atomic mass is 10.1. The molecule has 0 heterocycles. The Morgan fingerprint density at radius 3 is 2.68 bits per heavy atom. The molecule has 1 aromatic carbocycles. The van der Waals surface area contributed by atoms with Crippen molar-refractivity contribution in [3.63, 3.8) is 0 Å². The molecule has 1 rings (SSSR count). The molecule has 0 aliphatic carbocycles.